The van der Waals surface area contributed by atoms with Crippen LogP contribution in [0.2, 0.25) is 0 Å². The Balaban J connectivity index is 1.52. The number of hydrogen-bond donors (Lipinski definition) is 1. The Morgan fingerprint density at radius 2 is 1.62 bits per heavy atom. The van der Waals surface area contributed by atoms with Crippen LogP contribution in [0.4, 0.5) is 0 Å². The van der Waals surface area contributed by atoms with Crippen molar-refractivity contribution in [3.63, 3.8) is 0 Å². The van der Waals surface area contributed by atoms with Crippen LogP contribution < -0.4 is 5.73 Å². The van der Waals surface area contributed by atoms with Gasteiger partial charge >= 0.3 is 0 Å². The minimum atomic E-state index is 0.260. The van der Waals surface area contributed by atoms with Gasteiger partial charge in [-0.3, -0.25) is 0 Å². The van der Waals surface area contributed by atoms with E-state index in [2.05, 4.69) is 29.6 Å². The second-order valence-electron chi connectivity index (χ2n) is 7.72. The zero-order valence-electron chi connectivity index (χ0n) is 12.4. The summed E-state index contributed by atoms with van der Waals surface area (Å²) in [4.78, 5) is 0. The van der Waals surface area contributed by atoms with Crippen molar-refractivity contribution in [1.82, 2.24) is 0 Å². The van der Waals surface area contributed by atoms with Crippen LogP contribution in [0.3, 0.4) is 0 Å². The Hall–Kier alpha value is -0.860. The van der Waals surface area contributed by atoms with Crippen molar-refractivity contribution in [1.29, 1.82) is 0 Å². The highest BCUT2D eigenvalue weighted by Crippen LogP contribution is 2.59. The van der Waals surface area contributed by atoms with Crippen molar-refractivity contribution >= 4 is 21.4 Å². The molecule has 4 aliphatic carbocycles. The number of thiophene rings is 1. The average Bonchev–Trinajstić information content (AvgIpc) is 2.89. The molecule has 4 fully saturated rings. The fourth-order valence-corrected chi connectivity index (χ4v) is 7.03. The summed E-state index contributed by atoms with van der Waals surface area (Å²) in [6, 6.07) is 9.04. The van der Waals surface area contributed by atoms with Crippen LogP contribution in [-0.4, -0.2) is 0 Å². The van der Waals surface area contributed by atoms with Gasteiger partial charge in [-0.25, -0.2) is 0 Å². The quantitative estimate of drug-likeness (QED) is 0.831. The Labute approximate surface area is 130 Å². The van der Waals surface area contributed by atoms with E-state index < -0.39 is 0 Å². The van der Waals surface area contributed by atoms with Crippen LogP contribution in [0.25, 0.3) is 10.1 Å². The largest absolute Gasteiger partial charge is 0.324 e. The molecule has 0 saturated heterocycles. The molecule has 0 amide bonds. The fourth-order valence-electron chi connectivity index (χ4n) is 6.02. The van der Waals surface area contributed by atoms with Gasteiger partial charge in [-0.2, -0.15) is 0 Å². The molecule has 1 atom stereocenters. The lowest BCUT2D eigenvalue weighted by Crippen LogP contribution is -2.48. The first-order valence-electron chi connectivity index (χ1n) is 8.51. The zero-order valence-corrected chi connectivity index (χ0v) is 13.2. The number of rotatable bonds is 2. The van der Waals surface area contributed by atoms with Gasteiger partial charge in [-0.15, -0.1) is 11.3 Å². The standard InChI is InChI=1S/C19H23NS/c20-19(16-10-21-17-4-2-1-3-15(16)17)18-13-6-11-5-12(8-13)9-14(18)7-11/h1-4,10-14,18-19H,5-9,20H2. The molecule has 2 heteroatoms. The molecule has 1 aromatic carbocycles. The van der Waals surface area contributed by atoms with Crippen LogP contribution in [0.5, 0.6) is 0 Å². The number of fused-ring (bicyclic) bond motifs is 1. The zero-order chi connectivity index (χ0) is 14.0. The minimum absolute atomic E-state index is 0.260. The monoisotopic (exact) mass is 297 g/mol. The van der Waals surface area contributed by atoms with Gasteiger partial charge in [-0.1, -0.05) is 18.2 Å². The summed E-state index contributed by atoms with van der Waals surface area (Å²) >= 11 is 1.86. The highest BCUT2D eigenvalue weighted by molar-refractivity contribution is 7.17. The summed E-state index contributed by atoms with van der Waals surface area (Å²) in [5.41, 5.74) is 8.26. The number of benzene rings is 1. The topological polar surface area (TPSA) is 26.0 Å². The van der Waals surface area contributed by atoms with Crippen LogP contribution in [0.15, 0.2) is 29.6 Å². The molecule has 110 valence electrons. The Morgan fingerprint density at radius 1 is 0.952 bits per heavy atom. The third-order valence-corrected chi connectivity index (χ3v) is 7.57. The predicted octanol–water partition coefficient (Wildman–Crippen LogP) is 4.97. The molecule has 4 bridgehead atoms. The fraction of sp³-hybridized carbons (Fsp3) is 0.579. The van der Waals surface area contributed by atoms with Crippen molar-refractivity contribution < 1.29 is 0 Å². The summed E-state index contributed by atoms with van der Waals surface area (Å²) < 4.78 is 1.40. The first kappa shape index (κ1) is 12.7. The normalized spacial score (nSPS) is 39.0. The van der Waals surface area contributed by atoms with Crippen molar-refractivity contribution in [2.24, 2.45) is 35.3 Å². The molecule has 0 spiro atoms. The van der Waals surface area contributed by atoms with Gasteiger partial charge in [0.05, 0.1) is 0 Å². The molecule has 0 radical (unpaired) electrons. The lowest BCUT2D eigenvalue weighted by molar-refractivity contribution is -0.0469. The van der Waals surface area contributed by atoms with Crippen molar-refractivity contribution in [3.05, 3.63) is 35.2 Å². The van der Waals surface area contributed by atoms with E-state index in [1.54, 1.807) is 0 Å². The van der Waals surface area contributed by atoms with E-state index in [-0.39, 0.29) is 6.04 Å². The van der Waals surface area contributed by atoms with E-state index >= 15 is 0 Å². The van der Waals surface area contributed by atoms with Gasteiger partial charge in [0.1, 0.15) is 0 Å². The van der Waals surface area contributed by atoms with E-state index in [4.69, 9.17) is 5.73 Å². The number of nitrogens with two attached hydrogens (primary N) is 1. The molecule has 6 rings (SSSR count). The first-order valence-corrected chi connectivity index (χ1v) is 9.39. The molecule has 2 N–H and O–H groups in total. The summed E-state index contributed by atoms with van der Waals surface area (Å²) in [6.45, 7) is 0. The van der Waals surface area contributed by atoms with E-state index in [0.717, 1.165) is 29.6 Å². The van der Waals surface area contributed by atoms with Gasteiger partial charge in [0, 0.05) is 10.7 Å². The first-order chi connectivity index (χ1) is 10.3. The maximum atomic E-state index is 6.84. The molecule has 1 heterocycles. The minimum Gasteiger partial charge on any atom is -0.324 e. The highest BCUT2D eigenvalue weighted by atomic mass is 32.1. The third kappa shape index (κ3) is 1.85. The molecule has 1 nitrogen and oxygen atoms in total. The summed E-state index contributed by atoms with van der Waals surface area (Å²) in [5.74, 6) is 4.64. The molecular formula is C19H23NS. The average molecular weight is 297 g/mol. The van der Waals surface area contributed by atoms with Gasteiger partial charge < -0.3 is 5.73 Å². The van der Waals surface area contributed by atoms with Gasteiger partial charge in [0.15, 0.2) is 0 Å². The Morgan fingerprint density at radius 3 is 2.33 bits per heavy atom. The van der Waals surface area contributed by atoms with Crippen molar-refractivity contribution in [2.75, 3.05) is 0 Å². The molecule has 0 aliphatic heterocycles. The smallest absolute Gasteiger partial charge is 0.0346 e. The van der Waals surface area contributed by atoms with E-state index in [1.807, 2.05) is 11.3 Å². The van der Waals surface area contributed by atoms with Crippen LogP contribution in [0.1, 0.15) is 43.7 Å². The predicted molar refractivity (Wildman–Crippen MR) is 89.3 cm³/mol. The maximum absolute atomic E-state index is 6.84. The lowest BCUT2D eigenvalue weighted by Gasteiger charge is -2.56. The molecule has 21 heavy (non-hydrogen) atoms. The molecule has 1 unspecified atom stereocenters. The van der Waals surface area contributed by atoms with Gasteiger partial charge in [-0.05, 0) is 84.1 Å². The van der Waals surface area contributed by atoms with Crippen LogP contribution in [-0.2, 0) is 0 Å². The number of hydrogen-bond acceptors (Lipinski definition) is 2. The third-order valence-electron chi connectivity index (χ3n) is 6.58. The van der Waals surface area contributed by atoms with Crippen molar-refractivity contribution in [2.45, 2.75) is 38.1 Å². The van der Waals surface area contributed by atoms with Gasteiger partial charge in [0.2, 0.25) is 0 Å². The summed E-state index contributed by atoms with van der Waals surface area (Å²) in [5, 5.41) is 3.74. The van der Waals surface area contributed by atoms with Crippen molar-refractivity contribution in [3.8, 4) is 0 Å². The highest BCUT2D eigenvalue weighted by Gasteiger charge is 2.50. The SMILES string of the molecule is NC(c1csc2ccccc12)C1C2CC3CC(C2)CC1C3. The second kappa shape index (κ2) is 4.57. The summed E-state index contributed by atoms with van der Waals surface area (Å²) in [7, 11) is 0. The van der Waals surface area contributed by atoms with E-state index in [0.29, 0.717) is 0 Å². The van der Waals surface area contributed by atoms with E-state index in [1.165, 1.54) is 47.8 Å². The molecule has 4 aliphatic rings. The Bertz CT molecular complexity index is 645. The van der Waals surface area contributed by atoms with E-state index in [9.17, 15) is 0 Å². The molecule has 4 saturated carbocycles. The maximum Gasteiger partial charge on any atom is 0.0346 e. The van der Waals surface area contributed by atoms with Gasteiger partial charge in [0.25, 0.3) is 0 Å². The molecular weight excluding hydrogens is 274 g/mol. The summed E-state index contributed by atoms with van der Waals surface area (Å²) in [6.07, 6.45) is 7.39. The van der Waals surface area contributed by atoms with Crippen LogP contribution >= 0.6 is 11.3 Å². The lowest BCUT2D eigenvalue weighted by atomic mass is 9.50. The molecule has 2 aromatic rings. The molecule has 1 aromatic heterocycles. The second-order valence-corrected chi connectivity index (χ2v) is 8.63. The van der Waals surface area contributed by atoms with Crippen LogP contribution in [0, 0.1) is 29.6 Å². The Kier molecular flexibility index (Phi) is 2.75.